The quantitative estimate of drug-likeness (QED) is 0.627. The van der Waals surface area contributed by atoms with Gasteiger partial charge in [0.15, 0.2) is 0 Å². The van der Waals surface area contributed by atoms with Gasteiger partial charge in [-0.1, -0.05) is 0 Å². The van der Waals surface area contributed by atoms with E-state index in [1.165, 1.54) is 13.0 Å². The molecule has 92 valence electrons. The van der Waals surface area contributed by atoms with E-state index in [4.69, 9.17) is 10.5 Å². The number of nitrogens with zero attached hydrogens (tertiary/aromatic N) is 1. The molecule has 2 N–H and O–H groups in total. The maximum absolute atomic E-state index is 13.3. The Hall–Kier alpha value is -1.78. The predicted molar refractivity (Wildman–Crippen MR) is 63.2 cm³/mol. The Morgan fingerprint density at radius 2 is 2.35 bits per heavy atom. The van der Waals surface area contributed by atoms with Crippen LogP contribution in [0.15, 0.2) is 18.2 Å². The zero-order valence-electron chi connectivity index (χ0n) is 9.65. The molecule has 1 heterocycles. The first kappa shape index (κ1) is 11.7. The summed E-state index contributed by atoms with van der Waals surface area (Å²) in [6, 6.07) is 4.73. The summed E-state index contributed by atoms with van der Waals surface area (Å²) in [4.78, 5) is 12.8. The van der Waals surface area contributed by atoms with Crippen LogP contribution >= 0.6 is 0 Å². The molecule has 1 aliphatic heterocycles. The molecule has 0 aromatic heterocycles. The van der Waals surface area contributed by atoms with Crippen LogP contribution in [0.25, 0.3) is 0 Å². The van der Waals surface area contributed by atoms with Crippen LogP contribution in [-0.2, 0) is 9.53 Å². The fraction of sp³-hybridized carbons (Fsp3) is 0.417. The molecule has 5 heteroatoms. The number of nitrogen functional groups attached to an aromatic ring is 1. The number of carbonyl (C=O) groups excluding carboxylic acids is 1. The molecule has 0 radical (unpaired) electrons. The number of hydrogen-bond acceptors (Lipinski definition) is 4. The van der Waals surface area contributed by atoms with Crippen LogP contribution in [0.5, 0.6) is 0 Å². The smallest absolute Gasteiger partial charge is 0.302 e. The molecule has 1 aromatic carbocycles. The molecule has 1 fully saturated rings. The van der Waals surface area contributed by atoms with Gasteiger partial charge in [-0.2, -0.15) is 0 Å². The normalized spacial score (nSPS) is 19.4. The molecule has 4 nitrogen and oxygen atoms in total. The van der Waals surface area contributed by atoms with E-state index in [0.29, 0.717) is 6.54 Å². The average molecular weight is 238 g/mol. The largest absolute Gasteiger partial charge is 0.461 e. The molecule has 0 aliphatic carbocycles. The molecule has 1 atom stereocenters. The molecule has 17 heavy (non-hydrogen) atoms. The number of esters is 1. The Balaban J connectivity index is 2.04. The van der Waals surface area contributed by atoms with Crippen molar-refractivity contribution in [2.45, 2.75) is 19.4 Å². The minimum atomic E-state index is -0.418. The van der Waals surface area contributed by atoms with Crippen LogP contribution in [0.4, 0.5) is 15.8 Å². The van der Waals surface area contributed by atoms with Crippen molar-refractivity contribution in [1.82, 2.24) is 0 Å². The van der Waals surface area contributed by atoms with Gasteiger partial charge in [0.2, 0.25) is 0 Å². The van der Waals surface area contributed by atoms with Gasteiger partial charge in [0.05, 0.1) is 12.2 Å². The summed E-state index contributed by atoms with van der Waals surface area (Å²) in [6.07, 6.45) is 0.666. The van der Waals surface area contributed by atoms with Crippen molar-refractivity contribution in [2.75, 3.05) is 23.7 Å². The number of rotatable bonds is 2. The minimum Gasteiger partial charge on any atom is -0.461 e. The summed E-state index contributed by atoms with van der Waals surface area (Å²) in [5.74, 6) is -0.696. The van der Waals surface area contributed by atoms with Crippen molar-refractivity contribution in [3.05, 3.63) is 24.0 Å². The third kappa shape index (κ3) is 2.67. The molecule has 0 saturated carbocycles. The lowest BCUT2D eigenvalue weighted by Gasteiger charge is -2.18. The van der Waals surface area contributed by atoms with Gasteiger partial charge in [-0.25, -0.2) is 4.39 Å². The Labute approximate surface area is 99.2 Å². The summed E-state index contributed by atoms with van der Waals surface area (Å²) in [6.45, 7) is 2.75. The Morgan fingerprint density at radius 1 is 1.59 bits per heavy atom. The highest BCUT2D eigenvalue weighted by molar-refractivity contribution is 5.66. The summed E-state index contributed by atoms with van der Waals surface area (Å²) >= 11 is 0. The van der Waals surface area contributed by atoms with Crippen LogP contribution in [0, 0.1) is 5.82 Å². The lowest BCUT2D eigenvalue weighted by Crippen LogP contribution is -2.24. The van der Waals surface area contributed by atoms with Crippen molar-refractivity contribution >= 4 is 17.3 Å². The van der Waals surface area contributed by atoms with Gasteiger partial charge in [0.25, 0.3) is 0 Å². The SMILES string of the molecule is CC(=O)OC1CCN(c2ccc(N)c(F)c2)C1. The van der Waals surface area contributed by atoms with Gasteiger partial charge in [-0.3, -0.25) is 4.79 Å². The molecular formula is C12H15FN2O2. The van der Waals surface area contributed by atoms with E-state index in [9.17, 15) is 9.18 Å². The highest BCUT2D eigenvalue weighted by Gasteiger charge is 2.25. The standard InChI is InChI=1S/C12H15FN2O2/c1-8(16)17-10-4-5-15(7-10)9-2-3-12(14)11(13)6-9/h2-3,6,10H,4-5,7,14H2,1H3. The third-order valence-electron chi connectivity index (χ3n) is 2.83. The first-order chi connectivity index (χ1) is 8.06. The molecule has 0 bridgehead atoms. The van der Waals surface area contributed by atoms with Gasteiger partial charge in [-0.15, -0.1) is 0 Å². The molecule has 1 saturated heterocycles. The molecule has 0 spiro atoms. The van der Waals surface area contributed by atoms with Gasteiger partial charge < -0.3 is 15.4 Å². The highest BCUT2D eigenvalue weighted by Crippen LogP contribution is 2.24. The van der Waals surface area contributed by atoms with Crippen LogP contribution < -0.4 is 10.6 Å². The number of anilines is 2. The van der Waals surface area contributed by atoms with E-state index in [1.807, 2.05) is 4.90 Å². The van der Waals surface area contributed by atoms with Gasteiger partial charge in [0, 0.05) is 25.6 Å². The van der Waals surface area contributed by atoms with E-state index in [0.717, 1.165) is 18.7 Å². The minimum absolute atomic E-state index is 0.104. The van der Waals surface area contributed by atoms with Gasteiger partial charge >= 0.3 is 5.97 Å². The fourth-order valence-electron chi connectivity index (χ4n) is 2.01. The average Bonchev–Trinajstić information content (AvgIpc) is 2.69. The molecule has 1 aromatic rings. The maximum atomic E-state index is 13.3. The molecule has 1 aliphatic rings. The maximum Gasteiger partial charge on any atom is 0.302 e. The van der Waals surface area contributed by atoms with Crippen molar-refractivity contribution in [2.24, 2.45) is 0 Å². The van der Waals surface area contributed by atoms with Crippen LogP contribution in [0.3, 0.4) is 0 Å². The Morgan fingerprint density at radius 3 is 3.00 bits per heavy atom. The summed E-state index contributed by atoms with van der Waals surface area (Å²) in [5.41, 5.74) is 6.33. The number of benzene rings is 1. The van der Waals surface area contributed by atoms with E-state index < -0.39 is 5.82 Å². The Kier molecular flexibility index (Phi) is 3.17. The predicted octanol–water partition coefficient (Wildman–Crippen LogP) is 1.55. The van der Waals surface area contributed by atoms with Gasteiger partial charge in [-0.05, 0) is 18.2 Å². The molecular weight excluding hydrogens is 223 g/mol. The zero-order valence-corrected chi connectivity index (χ0v) is 9.65. The van der Waals surface area contributed by atoms with Crippen LogP contribution in [0.1, 0.15) is 13.3 Å². The van der Waals surface area contributed by atoms with E-state index in [1.54, 1.807) is 12.1 Å². The molecule has 0 amide bonds. The lowest BCUT2D eigenvalue weighted by atomic mass is 10.2. The van der Waals surface area contributed by atoms with E-state index in [2.05, 4.69) is 0 Å². The number of hydrogen-bond donors (Lipinski definition) is 1. The van der Waals surface area contributed by atoms with E-state index >= 15 is 0 Å². The van der Waals surface area contributed by atoms with Crippen LogP contribution in [-0.4, -0.2) is 25.2 Å². The van der Waals surface area contributed by atoms with Crippen LogP contribution in [0.2, 0.25) is 0 Å². The van der Waals surface area contributed by atoms with Crippen molar-refractivity contribution < 1.29 is 13.9 Å². The number of ether oxygens (including phenoxy) is 1. The second kappa shape index (κ2) is 4.61. The first-order valence-corrected chi connectivity index (χ1v) is 5.53. The first-order valence-electron chi connectivity index (χ1n) is 5.53. The summed E-state index contributed by atoms with van der Waals surface area (Å²) in [7, 11) is 0. The van der Waals surface area contributed by atoms with Gasteiger partial charge in [0.1, 0.15) is 11.9 Å². The zero-order chi connectivity index (χ0) is 12.4. The summed E-state index contributed by atoms with van der Waals surface area (Å²) in [5, 5.41) is 0. The fourth-order valence-corrected chi connectivity index (χ4v) is 2.01. The van der Waals surface area contributed by atoms with Crippen molar-refractivity contribution in [1.29, 1.82) is 0 Å². The molecule has 2 rings (SSSR count). The highest BCUT2D eigenvalue weighted by atomic mass is 19.1. The topological polar surface area (TPSA) is 55.6 Å². The van der Waals surface area contributed by atoms with E-state index in [-0.39, 0.29) is 17.8 Å². The second-order valence-electron chi connectivity index (χ2n) is 4.17. The van der Waals surface area contributed by atoms with Crippen molar-refractivity contribution in [3.63, 3.8) is 0 Å². The monoisotopic (exact) mass is 238 g/mol. The number of nitrogens with two attached hydrogens (primary N) is 1. The second-order valence-corrected chi connectivity index (χ2v) is 4.17. The lowest BCUT2D eigenvalue weighted by molar-refractivity contribution is -0.145. The molecule has 1 unspecified atom stereocenters. The summed E-state index contributed by atoms with van der Waals surface area (Å²) < 4.78 is 18.4. The van der Waals surface area contributed by atoms with Crippen molar-refractivity contribution in [3.8, 4) is 0 Å². The Bertz CT molecular complexity index is 437. The number of halogens is 1. The third-order valence-corrected chi connectivity index (χ3v) is 2.83. The number of carbonyl (C=O) groups is 1.